The first-order valence-electron chi connectivity index (χ1n) is 7.30. The Morgan fingerprint density at radius 1 is 1.28 bits per heavy atom. The van der Waals surface area contributed by atoms with Crippen molar-refractivity contribution in [2.75, 3.05) is 13.1 Å². The second-order valence-corrected chi connectivity index (χ2v) is 6.58. The SMILES string of the molecule is CC1(C)CCN(C(=O)NC2CCCCC2)CC1N. The second kappa shape index (κ2) is 5.47. The van der Waals surface area contributed by atoms with Gasteiger partial charge in [-0.2, -0.15) is 0 Å². The molecule has 18 heavy (non-hydrogen) atoms. The van der Waals surface area contributed by atoms with Crippen molar-refractivity contribution in [1.29, 1.82) is 0 Å². The van der Waals surface area contributed by atoms with Gasteiger partial charge in [0.2, 0.25) is 0 Å². The summed E-state index contributed by atoms with van der Waals surface area (Å²) in [6.07, 6.45) is 7.07. The van der Waals surface area contributed by atoms with Gasteiger partial charge in [0.25, 0.3) is 0 Å². The first-order valence-corrected chi connectivity index (χ1v) is 7.30. The largest absolute Gasteiger partial charge is 0.335 e. The van der Waals surface area contributed by atoms with E-state index in [0.29, 0.717) is 12.6 Å². The van der Waals surface area contributed by atoms with Crippen LogP contribution < -0.4 is 11.1 Å². The predicted octanol–water partition coefficient (Wildman–Crippen LogP) is 2.09. The molecule has 1 aliphatic heterocycles. The smallest absolute Gasteiger partial charge is 0.317 e. The van der Waals surface area contributed by atoms with Gasteiger partial charge in [-0.3, -0.25) is 0 Å². The Hall–Kier alpha value is -0.770. The fourth-order valence-corrected chi connectivity index (χ4v) is 2.88. The zero-order valence-electron chi connectivity index (χ0n) is 11.7. The van der Waals surface area contributed by atoms with E-state index in [-0.39, 0.29) is 17.5 Å². The minimum atomic E-state index is 0.0864. The lowest BCUT2D eigenvalue weighted by Crippen LogP contribution is -2.57. The highest BCUT2D eigenvalue weighted by Gasteiger charge is 2.35. The molecule has 0 aromatic rings. The molecule has 1 aliphatic carbocycles. The number of carbonyl (C=O) groups excluding carboxylic acids is 1. The number of hydrogen-bond donors (Lipinski definition) is 2. The summed E-state index contributed by atoms with van der Waals surface area (Å²) in [5.41, 5.74) is 6.31. The molecule has 0 aromatic heterocycles. The van der Waals surface area contributed by atoms with Crippen molar-refractivity contribution in [3.8, 4) is 0 Å². The lowest BCUT2D eigenvalue weighted by molar-refractivity contribution is 0.116. The average Bonchev–Trinajstić information content (AvgIpc) is 2.34. The third-order valence-corrected chi connectivity index (χ3v) is 4.67. The molecular formula is C14H27N3O. The molecule has 1 heterocycles. The number of piperidine rings is 1. The first kappa shape index (κ1) is 13.7. The summed E-state index contributed by atoms with van der Waals surface area (Å²) in [7, 11) is 0. The normalized spacial score (nSPS) is 29.1. The van der Waals surface area contributed by atoms with Crippen LogP contribution in [0.4, 0.5) is 4.79 Å². The maximum atomic E-state index is 12.2. The molecule has 1 saturated carbocycles. The molecule has 104 valence electrons. The van der Waals surface area contributed by atoms with Crippen LogP contribution in [-0.2, 0) is 0 Å². The van der Waals surface area contributed by atoms with E-state index in [1.54, 1.807) is 0 Å². The summed E-state index contributed by atoms with van der Waals surface area (Å²) >= 11 is 0. The Morgan fingerprint density at radius 2 is 1.94 bits per heavy atom. The molecule has 0 bridgehead atoms. The van der Waals surface area contributed by atoms with Crippen molar-refractivity contribution in [1.82, 2.24) is 10.2 Å². The molecule has 2 fully saturated rings. The third-order valence-electron chi connectivity index (χ3n) is 4.67. The van der Waals surface area contributed by atoms with Crippen LogP contribution in [0.5, 0.6) is 0 Å². The highest BCUT2D eigenvalue weighted by molar-refractivity contribution is 5.74. The van der Waals surface area contributed by atoms with E-state index in [4.69, 9.17) is 5.73 Å². The average molecular weight is 253 g/mol. The molecule has 2 rings (SSSR count). The molecule has 0 spiro atoms. The number of hydrogen-bond acceptors (Lipinski definition) is 2. The van der Waals surface area contributed by atoms with Crippen molar-refractivity contribution in [3.63, 3.8) is 0 Å². The van der Waals surface area contributed by atoms with Crippen LogP contribution in [0, 0.1) is 5.41 Å². The van der Waals surface area contributed by atoms with E-state index >= 15 is 0 Å². The number of likely N-dealkylation sites (tertiary alicyclic amines) is 1. The van der Waals surface area contributed by atoms with E-state index in [0.717, 1.165) is 25.8 Å². The predicted molar refractivity (Wildman–Crippen MR) is 73.4 cm³/mol. The molecule has 1 unspecified atom stereocenters. The molecule has 1 saturated heterocycles. The summed E-state index contributed by atoms with van der Waals surface area (Å²) in [6.45, 7) is 5.90. The molecule has 4 heteroatoms. The van der Waals surface area contributed by atoms with E-state index in [1.807, 2.05) is 4.90 Å². The van der Waals surface area contributed by atoms with Crippen LogP contribution in [0.2, 0.25) is 0 Å². The van der Waals surface area contributed by atoms with Gasteiger partial charge < -0.3 is 16.0 Å². The van der Waals surface area contributed by atoms with Crippen molar-refractivity contribution in [3.05, 3.63) is 0 Å². The van der Waals surface area contributed by atoms with Gasteiger partial charge in [-0.1, -0.05) is 33.1 Å². The van der Waals surface area contributed by atoms with Crippen molar-refractivity contribution >= 4 is 6.03 Å². The molecule has 2 amide bonds. The summed E-state index contributed by atoms with van der Waals surface area (Å²) in [4.78, 5) is 14.1. The van der Waals surface area contributed by atoms with E-state index in [2.05, 4.69) is 19.2 Å². The zero-order chi connectivity index (χ0) is 13.2. The number of urea groups is 1. The maximum absolute atomic E-state index is 12.2. The minimum absolute atomic E-state index is 0.0864. The van der Waals surface area contributed by atoms with Crippen molar-refractivity contribution in [2.24, 2.45) is 11.1 Å². The number of rotatable bonds is 1. The van der Waals surface area contributed by atoms with E-state index in [1.165, 1.54) is 19.3 Å². The highest BCUT2D eigenvalue weighted by atomic mass is 16.2. The van der Waals surface area contributed by atoms with Crippen LogP contribution in [0.3, 0.4) is 0 Å². The lowest BCUT2D eigenvalue weighted by Gasteiger charge is -2.42. The zero-order valence-corrected chi connectivity index (χ0v) is 11.7. The van der Waals surface area contributed by atoms with Gasteiger partial charge in [0.05, 0.1) is 0 Å². The van der Waals surface area contributed by atoms with Gasteiger partial charge >= 0.3 is 6.03 Å². The quantitative estimate of drug-likeness (QED) is 0.751. The van der Waals surface area contributed by atoms with Crippen LogP contribution >= 0.6 is 0 Å². The standard InChI is InChI=1S/C14H27N3O/c1-14(2)8-9-17(10-12(14)15)13(18)16-11-6-4-3-5-7-11/h11-12H,3-10,15H2,1-2H3,(H,16,18). The van der Waals surface area contributed by atoms with Crippen LogP contribution in [0.25, 0.3) is 0 Å². The Balaban J connectivity index is 1.82. The van der Waals surface area contributed by atoms with E-state index < -0.39 is 0 Å². The molecule has 3 N–H and O–H groups in total. The molecule has 0 radical (unpaired) electrons. The Bertz CT molecular complexity index is 297. The molecular weight excluding hydrogens is 226 g/mol. The van der Waals surface area contributed by atoms with Crippen LogP contribution in [0.1, 0.15) is 52.4 Å². The maximum Gasteiger partial charge on any atom is 0.317 e. The van der Waals surface area contributed by atoms with Gasteiger partial charge in [-0.15, -0.1) is 0 Å². The van der Waals surface area contributed by atoms with Gasteiger partial charge in [0.1, 0.15) is 0 Å². The summed E-state index contributed by atoms with van der Waals surface area (Å²) < 4.78 is 0. The van der Waals surface area contributed by atoms with Crippen molar-refractivity contribution in [2.45, 2.75) is 64.5 Å². The number of amides is 2. The van der Waals surface area contributed by atoms with Crippen LogP contribution in [0.15, 0.2) is 0 Å². The highest BCUT2D eigenvalue weighted by Crippen LogP contribution is 2.29. The fourth-order valence-electron chi connectivity index (χ4n) is 2.88. The van der Waals surface area contributed by atoms with Gasteiger partial charge in [0, 0.05) is 25.2 Å². The molecule has 0 aromatic carbocycles. The van der Waals surface area contributed by atoms with Crippen LogP contribution in [-0.4, -0.2) is 36.1 Å². The molecule has 1 atom stereocenters. The number of carbonyl (C=O) groups is 1. The van der Waals surface area contributed by atoms with Crippen molar-refractivity contribution < 1.29 is 4.79 Å². The summed E-state index contributed by atoms with van der Waals surface area (Å²) in [5, 5.41) is 3.17. The van der Waals surface area contributed by atoms with Gasteiger partial charge in [-0.05, 0) is 24.7 Å². The topological polar surface area (TPSA) is 58.4 Å². The Morgan fingerprint density at radius 3 is 2.56 bits per heavy atom. The third kappa shape index (κ3) is 3.16. The Kier molecular flexibility index (Phi) is 4.15. The van der Waals surface area contributed by atoms with Gasteiger partial charge in [0.15, 0.2) is 0 Å². The Labute approximate surface area is 110 Å². The number of nitrogens with one attached hydrogen (secondary N) is 1. The summed E-state index contributed by atoms with van der Waals surface area (Å²) in [5.74, 6) is 0. The monoisotopic (exact) mass is 253 g/mol. The minimum Gasteiger partial charge on any atom is -0.335 e. The molecule has 2 aliphatic rings. The number of nitrogens with two attached hydrogens (primary N) is 1. The summed E-state index contributed by atoms with van der Waals surface area (Å²) in [6, 6.07) is 0.564. The van der Waals surface area contributed by atoms with Gasteiger partial charge in [-0.25, -0.2) is 4.79 Å². The van der Waals surface area contributed by atoms with E-state index in [9.17, 15) is 4.79 Å². The first-order chi connectivity index (χ1) is 8.49. The lowest BCUT2D eigenvalue weighted by atomic mass is 9.79. The second-order valence-electron chi connectivity index (χ2n) is 6.58. The number of nitrogens with zero attached hydrogens (tertiary/aromatic N) is 1. The fraction of sp³-hybridized carbons (Fsp3) is 0.929. The molecule has 4 nitrogen and oxygen atoms in total.